The van der Waals surface area contributed by atoms with E-state index in [2.05, 4.69) is 0 Å². The van der Waals surface area contributed by atoms with E-state index in [9.17, 15) is 26.4 Å². The Kier molecular flexibility index (Phi) is 5.48. The van der Waals surface area contributed by atoms with E-state index in [0.717, 1.165) is 6.07 Å². The summed E-state index contributed by atoms with van der Waals surface area (Å²) in [6, 6.07) is 6.84. The summed E-state index contributed by atoms with van der Waals surface area (Å²) in [6.07, 6.45) is 0.524. The molecular weight excluding hydrogens is 401 g/mol. The number of benzene rings is 1. The molecule has 3 rings (SSSR count). The lowest BCUT2D eigenvalue weighted by atomic mass is 10.2. The molecule has 1 aliphatic rings. The molecule has 10 heteroatoms. The standard InChI is InChI=1S/C17H17F3N2O3S2/c18-17(19,20)27(24,25)15-5-2-1-4-14(15)21-7-3-8-22(10-9-21)16(23)13-6-11-26-12-13/h1-2,4-6,11-12H,3,7-10H2. The number of rotatable bonds is 3. The maximum absolute atomic E-state index is 13.0. The molecule has 0 radical (unpaired) electrons. The maximum atomic E-state index is 13.0. The van der Waals surface area contributed by atoms with Gasteiger partial charge in [0.25, 0.3) is 15.7 Å². The van der Waals surface area contributed by atoms with Gasteiger partial charge >= 0.3 is 5.51 Å². The minimum Gasteiger partial charge on any atom is -0.369 e. The van der Waals surface area contributed by atoms with Gasteiger partial charge in [-0.1, -0.05) is 12.1 Å². The fraction of sp³-hybridized carbons (Fsp3) is 0.353. The van der Waals surface area contributed by atoms with E-state index in [1.54, 1.807) is 26.6 Å². The van der Waals surface area contributed by atoms with Crippen LogP contribution < -0.4 is 4.90 Å². The topological polar surface area (TPSA) is 57.7 Å². The van der Waals surface area contributed by atoms with Crippen molar-refractivity contribution in [3.8, 4) is 0 Å². The number of halogens is 3. The summed E-state index contributed by atoms with van der Waals surface area (Å²) >= 11 is 1.41. The van der Waals surface area contributed by atoms with Crippen molar-refractivity contribution < 1.29 is 26.4 Å². The number of alkyl halides is 3. The number of hydrogen-bond acceptors (Lipinski definition) is 5. The van der Waals surface area contributed by atoms with Gasteiger partial charge < -0.3 is 9.80 Å². The van der Waals surface area contributed by atoms with Crippen LogP contribution in [0.25, 0.3) is 0 Å². The summed E-state index contributed by atoms with van der Waals surface area (Å²) in [5.41, 5.74) is -4.77. The third-order valence-corrected chi connectivity index (χ3v) is 6.57. The molecule has 146 valence electrons. The van der Waals surface area contributed by atoms with E-state index in [0.29, 0.717) is 31.6 Å². The number of para-hydroxylation sites is 1. The summed E-state index contributed by atoms with van der Waals surface area (Å²) < 4.78 is 62.9. The van der Waals surface area contributed by atoms with E-state index < -0.39 is 20.2 Å². The predicted octanol–water partition coefficient (Wildman–Crippen LogP) is 3.39. The lowest BCUT2D eigenvalue weighted by Crippen LogP contribution is -2.35. The first-order chi connectivity index (χ1) is 12.7. The van der Waals surface area contributed by atoms with E-state index in [-0.39, 0.29) is 18.1 Å². The van der Waals surface area contributed by atoms with Crippen LogP contribution in [0.15, 0.2) is 46.0 Å². The second-order valence-electron chi connectivity index (χ2n) is 6.06. The fourth-order valence-electron chi connectivity index (χ4n) is 3.00. The van der Waals surface area contributed by atoms with Crippen molar-refractivity contribution in [2.45, 2.75) is 16.8 Å². The van der Waals surface area contributed by atoms with Crippen LogP contribution >= 0.6 is 11.3 Å². The third-order valence-electron chi connectivity index (χ3n) is 4.35. The van der Waals surface area contributed by atoms with Crippen molar-refractivity contribution in [3.63, 3.8) is 0 Å². The first-order valence-electron chi connectivity index (χ1n) is 8.18. The molecule has 1 fully saturated rings. The second kappa shape index (κ2) is 7.51. The van der Waals surface area contributed by atoms with Gasteiger partial charge in [0.15, 0.2) is 0 Å². The molecule has 2 heterocycles. The van der Waals surface area contributed by atoms with Gasteiger partial charge in [0, 0.05) is 31.6 Å². The monoisotopic (exact) mass is 418 g/mol. The molecule has 0 N–H and O–H groups in total. The van der Waals surface area contributed by atoms with Crippen LogP contribution in [0.1, 0.15) is 16.8 Å². The lowest BCUT2D eigenvalue weighted by Gasteiger charge is -2.26. The molecular formula is C17H17F3N2O3S2. The zero-order valence-electron chi connectivity index (χ0n) is 14.1. The summed E-state index contributed by atoms with van der Waals surface area (Å²) in [4.78, 5) is 15.0. The molecule has 1 aromatic heterocycles. The SMILES string of the molecule is O=C(c1ccsc1)N1CCCN(c2ccccc2S(=O)(=O)C(F)(F)F)CC1. The summed E-state index contributed by atoms with van der Waals surface area (Å²) in [6.45, 7) is 1.37. The summed E-state index contributed by atoms with van der Waals surface area (Å²) in [5, 5.41) is 3.55. The molecule has 1 aliphatic heterocycles. The van der Waals surface area contributed by atoms with Crippen LogP contribution in [-0.2, 0) is 9.84 Å². The summed E-state index contributed by atoms with van der Waals surface area (Å²) in [5.74, 6) is -0.130. The van der Waals surface area contributed by atoms with Crippen molar-refractivity contribution in [3.05, 3.63) is 46.7 Å². The Bertz CT molecular complexity index is 912. The molecule has 0 spiro atoms. The molecule has 0 saturated carbocycles. The zero-order valence-corrected chi connectivity index (χ0v) is 15.8. The van der Waals surface area contributed by atoms with Crippen molar-refractivity contribution in [1.82, 2.24) is 4.90 Å². The van der Waals surface area contributed by atoms with Gasteiger partial charge in [-0.25, -0.2) is 8.42 Å². The predicted molar refractivity (Wildman–Crippen MR) is 96.7 cm³/mol. The maximum Gasteiger partial charge on any atom is 0.501 e. The van der Waals surface area contributed by atoms with Crippen LogP contribution in [0.2, 0.25) is 0 Å². The first-order valence-corrected chi connectivity index (χ1v) is 10.6. The second-order valence-corrected chi connectivity index (χ2v) is 8.75. The molecule has 1 amide bonds. The van der Waals surface area contributed by atoms with Gasteiger partial charge in [-0.2, -0.15) is 24.5 Å². The molecule has 5 nitrogen and oxygen atoms in total. The Morgan fingerprint density at radius 1 is 1.04 bits per heavy atom. The van der Waals surface area contributed by atoms with Crippen molar-refractivity contribution in [2.75, 3.05) is 31.1 Å². The highest BCUT2D eigenvalue weighted by Crippen LogP contribution is 2.36. The van der Waals surface area contributed by atoms with Crippen molar-refractivity contribution in [1.29, 1.82) is 0 Å². The largest absolute Gasteiger partial charge is 0.501 e. The molecule has 0 unspecified atom stereocenters. The molecule has 1 aromatic carbocycles. The van der Waals surface area contributed by atoms with Crippen LogP contribution in [0, 0.1) is 0 Å². The lowest BCUT2D eigenvalue weighted by molar-refractivity contribution is -0.0435. The highest BCUT2D eigenvalue weighted by atomic mass is 32.2. The number of nitrogens with zero attached hydrogens (tertiary/aromatic N) is 2. The van der Waals surface area contributed by atoms with Crippen LogP contribution in [0.3, 0.4) is 0 Å². The number of carbonyl (C=O) groups excluding carboxylic acids is 1. The average molecular weight is 418 g/mol. The summed E-state index contributed by atoms with van der Waals surface area (Å²) in [7, 11) is -5.45. The smallest absolute Gasteiger partial charge is 0.369 e. The van der Waals surface area contributed by atoms with Gasteiger partial charge in [-0.15, -0.1) is 0 Å². The quantitative estimate of drug-likeness (QED) is 0.767. The molecule has 2 aromatic rings. The molecule has 1 saturated heterocycles. The third kappa shape index (κ3) is 3.96. The molecule has 0 bridgehead atoms. The normalized spacial score (nSPS) is 16.3. The van der Waals surface area contributed by atoms with Crippen molar-refractivity contribution in [2.24, 2.45) is 0 Å². The Labute approximate surface area is 158 Å². The van der Waals surface area contributed by atoms with Crippen molar-refractivity contribution >= 4 is 32.8 Å². The van der Waals surface area contributed by atoms with Gasteiger partial charge in [-0.05, 0) is 30.0 Å². The van der Waals surface area contributed by atoms with E-state index in [1.165, 1.54) is 29.5 Å². The minimum atomic E-state index is -5.45. The van der Waals surface area contributed by atoms with Crippen LogP contribution in [-0.4, -0.2) is 50.9 Å². The van der Waals surface area contributed by atoms with E-state index in [1.807, 2.05) is 0 Å². The average Bonchev–Trinajstić information content (AvgIpc) is 3.05. The van der Waals surface area contributed by atoms with Gasteiger partial charge in [-0.3, -0.25) is 4.79 Å². The fourth-order valence-corrected chi connectivity index (χ4v) is 4.61. The number of carbonyl (C=O) groups is 1. The van der Waals surface area contributed by atoms with E-state index >= 15 is 0 Å². The first kappa shape index (κ1) is 19.7. The number of thiophene rings is 1. The van der Waals surface area contributed by atoms with Crippen LogP contribution in [0.5, 0.6) is 0 Å². The Hall–Kier alpha value is -2.07. The Balaban J connectivity index is 1.84. The highest BCUT2D eigenvalue weighted by molar-refractivity contribution is 7.92. The minimum absolute atomic E-state index is 0.0136. The van der Waals surface area contributed by atoms with E-state index in [4.69, 9.17) is 0 Å². The number of amides is 1. The Morgan fingerprint density at radius 3 is 2.44 bits per heavy atom. The molecule has 0 atom stereocenters. The molecule has 27 heavy (non-hydrogen) atoms. The molecule has 0 aliphatic carbocycles. The highest BCUT2D eigenvalue weighted by Gasteiger charge is 2.48. The van der Waals surface area contributed by atoms with Gasteiger partial charge in [0.1, 0.15) is 0 Å². The number of sulfone groups is 1. The Morgan fingerprint density at radius 2 is 1.78 bits per heavy atom. The number of hydrogen-bond donors (Lipinski definition) is 0. The van der Waals surface area contributed by atoms with Gasteiger partial charge in [0.05, 0.1) is 16.1 Å². The van der Waals surface area contributed by atoms with Gasteiger partial charge in [0.2, 0.25) is 0 Å². The van der Waals surface area contributed by atoms with Crippen LogP contribution in [0.4, 0.5) is 18.9 Å². The zero-order chi connectivity index (χ0) is 19.7. The number of anilines is 1.